The Labute approximate surface area is 188 Å². The molecule has 1 saturated heterocycles. The van der Waals surface area contributed by atoms with Crippen LogP contribution >= 0.6 is 0 Å². The van der Waals surface area contributed by atoms with E-state index >= 15 is 0 Å². The summed E-state index contributed by atoms with van der Waals surface area (Å²) in [4.78, 5) is 29.7. The topological polar surface area (TPSA) is 89.8 Å². The van der Waals surface area contributed by atoms with Crippen molar-refractivity contribution in [3.05, 3.63) is 35.7 Å². The van der Waals surface area contributed by atoms with Crippen molar-refractivity contribution in [2.75, 3.05) is 40.4 Å². The minimum absolute atomic E-state index is 0.0559. The lowest BCUT2D eigenvalue weighted by Crippen LogP contribution is -2.44. The SMILES string of the molecule is COc1cccc2c1OCCCn1cc(nn1)CCC(=O)N(C)CC1CCCN(C1)C2=O. The highest BCUT2D eigenvalue weighted by Crippen LogP contribution is 2.33. The second kappa shape index (κ2) is 10.0. The van der Waals surface area contributed by atoms with E-state index in [-0.39, 0.29) is 17.7 Å². The van der Waals surface area contributed by atoms with Gasteiger partial charge in [-0.25, -0.2) is 0 Å². The number of fused-ring (bicyclic) bond motifs is 5. The molecule has 0 N–H and O–H groups in total. The largest absolute Gasteiger partial charge is 0.493 e. The van der Waals surface area contributed by atoms with E-state index in [1.165, 1.54) is 0 Å². The number of rotatable bonds is 1. The average molecular weight is 442 g/mol. The summed E-state index contributed by atoms with van der Waals surface area (Å²) in [5, 5.41) is 8.34. The molecule has 1 fully saturated rings. The van der Waals surface area contributed by atoms with Crippen LogP contribution in [0.5, 0.6) is 11.5 Å². The van der Waals surface area contributed by atoms with Gasteiger partial charge in [0.05, 0.1) is 25.0 Å². The highest BCUT2D eigenvalue weighted by molar-refractivity contribution is 5.98. The molecule has 2 aliphatic rings. The van der Waals surface area contributed by atoms with Gasteiger partial charge in [0, 0.05) is 58.7 Å². The predicted octanol–water partition coefficient (Wildman–Crippen LogP) is 2.01. The first-order valence-electron chi connectivity index (χ1n) is 11.3. The number of amides is 2. The Morgan fingerprint density at radius 1 is 1.12 bits per heavy atom. The quantitative estimate of drug-likeness (QED) is 0.673. The summed E-state index contributed by atoms with van der Waals surface area (Å²) in [5.74, 6) is 1.31. The second-order valence-electron chi connectivity index (χ2n) is 8.55. The lowest BCUT2D eigenvalue weighted by molar-refractivity contribution is -0.130. The van der Waals surface area contributed by atoms with Gasteiger partial charge >= 0.3 is 0 Å². The third kappa shape index (κ3) is 5.03. The molecule has 0 radical (unpaired) electrons. The lowest BCUT2D eigenvalue weighted by atomic mass is 9.96. The van der Waals surface area contributed by atoms with Gasteiger partial charge < -0.3 is 19.3 Å². The number of benzene rings is 1. The third-order valence-electron chi connectivity index (χ3n) is 6.15. The number of methoxy groups -OCH3 is 1. The minimum Gasteiger partial charge on any atom is -0.493 e. The minimum atomic E-state index is -0.0559. The summed E-state index contributed by atoms with van der Waals surface area (Å²) in [5.41, 5.74) is 1.33. The molecule has 0 spiro atoms. The highest BCUT2D eigenvalue weighted by atomic mass is 16.5. The molecule has 4 bridgehead atoms. The van der Waals surface area contributed by atoms with Crippen LogP contribution in [0.1, 0.15) is 41.7 Å². The van der Waals surface area contributed by atoms with Crippen molar-refractivity contribution in [2.45, 2.75) is 38.6 Å². The molecular weight excluding hydrogens is 410 g/mol. The first-order chi connectivity index (χ1) is 15.5. The number of carbonyl (C=O) groups excluding carboxylic acids is 2. The molecule has 2 aliphatic heterocycles. The maximum Gasteiger partial charge on any atom is 0.257 e. The molecule has 32 heavy (non-hydrogen) atoms. The predicted molar refractivity (Wildman–Crippen MR) is 118 cm³/mol. The van der Waals surface area contributed by atoms with Gasteiger partial charge in [-0.05, 0) is 30.9 Å². The van der Waals surface area contributed by atoms with E-state index in [1.54, 1.807) is 28.8 Å². The van der Waals surface area contributed by atoms with Gasteiger partial charge in [0.1, 0.15) is 0 Å². The summed E-state index contributed by atoms with van der Waals surface area (Å²) in [6.45, 7) is 3.02. The van der Waals surface area contributed by atoms with E-state index < -0.39 is 0 Å². The number of carbonyl (C=O) groups is 2. The molecule has 9 nitrogen and oxygen atoms in total. The Bertz CT molecular complexity index is 960. The summed E-state index contributed by atoms with van der Waals surface area (Å²) in [6, 6.07) is 5.42. The van der Waals surface area contributed by atoms with Crippen molar-refractivity contribution in [3.63, 3.8) is 0 Å². The first kappa shape index (κ1) is 22.1. The molecule has 1 atom stereocenters. The van der Waals surface area contributed by atoms with E-state index in [0.29, 0.717) is 69.1 Å². The van der Waals surface area contributed by atoms with Gasteiger partial charge in [-0.3, -0.25) is 14.3 Å². The van der Waals surface area contributed by atoms with E-state index in [9.17, 15) is 9.59 Å². The monoisotopic (exact) mass is 441 g/mol. The molecule has 0 saturated carbocycles. The van der Waals surface area contributed by atoms with Gasteiger partial charge in [0.15, 0.2) is 11.5 Å². The van der Waals surface area contributed by atoms with E-state index in [0.717, 1.165) is 18.5 Å². The van der Waals surface area contributed by atoms with Crippen LogP contribution in [0.2, 0.25) is 0 Å². The van der Waals surface area contributed by atoms with Crippen LogP contribution in [0.15, 0.2) is 24.4 Å². The number of hydrogen-bond donors (Lipinski definition) is 0. The zero-order chi connectivity index (χ0) is 22.5. The zero-order valence-electron chi connectivity index (χ0n) is 18.8. The number of aryl methyl sites for hydroxylation is 2. The van der Waals surface area contributed by atoms with Crippen LogP contribution in [-0.2, 0) is 17.8 Å². The van der Waals surface area contributed by atoms with Gasteiger partial charge in [-0.2, -0.15) is 0 Å². The van der Waals surface area contributed by atoms with Crippen LogP contribution in [0.3, 0.4) is 0 Å². The van der Waals surface area contributed by atoms with Crippen molar-refractivity contribution in [1.29, 1.82) is 0 Å². The Kier molecular flexibility index (Phi) is 6.92. The molecule has 1 aromatic carbocycles. The van der Waals surface area contributed by atoms with Gasteiger partial charge in [-0.15, -0.1) is 5.10 Å². The molecule has 172 valence electrons. The summed E-state index contributed by atoms with van der Waals surface area (Å²) < 4.78 is 13.3. The average Bonchev–Trinajstić information content (AvgIpc) is 3.27. The number of piperidine rings is 1. The Morgan fingerprint density at radius 2 is 2.00 bits per heavy atom. The van der Waals surface area contributed by atoms with E-state index in [4.69, 9.17) is 9.47 Å². The van der Waals surface area contributed by atoms with Crippen LogP contribution in [-0.4, -0.2) is 77.0 Å². The zero-order valence-corrected chi connectivity index (χ0v) is 18.8. The van der Waals surface area contributed by atoms with Crippen LogP contribution in [0, 0.1) is 5.92 Å². The number of ether oxygens (including phenoxy) is 2. The van der Waals surface area contributed by atoms with Crippen molar-refractivity contribution in [2.24, 2.45) is 5.92 Å². The molecule has 1 unspecified atom stereocenters. The van der Waals surface area contributed by atoms with Crippen molar-refractivity contribution >= 4 is 11.8 Å². The molecule has 0 aliphatic carbocycles. The fourth-order valence-corrected chi connectivity index (χ4v) is 4.44. The molecule has 1 aromatic heterocycles. The molecule has 2 aromatic rings. The van der Waals surface area contributed by atoms with E-state index in [2.05, 4.69) is 10.3 Å². The maximum absolute atomic E-state index is 13.4. The van der Waals surface area contributed by atoms with Crippen molar-refractivity contribution < 1.29 is 19.1 Å². The van der Waals surface area contributed by atoms with Crippen LogP contribution in [0.25, 0.3) is 0 Å². The molecule has 4 rings (SSSR count). The summed E-state index contributed by atoms with van der Waals surface area (Å²) in [7, 11) is 3.42. The first-order valence-corrected chi connectivity index (χ1v) is 11.3. The van der Waals surface area contributed by atoms with Gasteiger partial charge in [0.25, 0.3) is 5.91 Å². The summed E-state index contributed by atoms with van der Waals surface area (Å²) >= 11 is 0. The highest BCUT2D eigenvalue weighted by Gasteiger charge is 2.29. The lowest BCUT2D eigenvalue weighted by Gasteiger charge is -2.35. The number of aromatic nitrogens is 3. The number of nitrogens with zero attached hydrogens (tertiary/aromatic N) is 5. The maximum atomic E-state index is 13.4. The Hall–Kier alpha value is -3.10. The molecule has 2 amide bonds. The van der Waals surface area contributed by atoms with Gasteiger partial charge in [0.2, 0.25) is 5.91 Å². The fraction of sp³-hybridized carbons (Fsp3) is 0.565. The summed E-state index contributed by atoms with van der Waals surface area (Å²) in [6.07, 6.45) is 5.47. The Morgan fingerprint density at radius 3 is 2.84 bits per heavy atom. The number of hydrogen-bond acceptors (Lipinski definition) is 6. The van der Waals surface area contributed by atoms with E-state index in [1.807, 2.05) is 24.2 Å². The fourth-order valence-electron chi connectivity index (χ4n) is 4.44. The molecule has 3 heterocycles. The number of para-hydroxylation sites is 1. The van der Waals surface area contributed by atoms with Crippen LogP contribution < -0.4 is 9.47 Å². The van der Waals surface area contributed by atoms with Gasteiger partial charge in [-0.1, -0.05) is 11.3 Å². The van der Waals surface area contributed by atoms with Crippen molar-refractivity contribution in [1.82, 2.24) is 24.8 Å². The second-order valence-corrected chi connectivity index (χ2v) is 8.55. The molecule has 9 heteroatoms. The Balaban J connectivity index is 1.60. The molecular formula is C23H31N5O4. The standard InChI is InChI=1S/C23H31N5O4/c1-26-14-17-6-4-11-27(15-17)23(30)19-7-3-8-20(31-2)22(19)32-13-5-12-28-16-18(24-25-28)9-10-21(26)29/h3,7-8,16-17H,4-6,9-15H2,1-2H3. The third-order valence-corrected chi connectivity index (χ3v) is 6.15. The van der Waals surface area contributed by atoms with Crippen LogP contribution in [0.4, 0.5) is 0 Å². The van der Waals surface area contributed by atoms with Crippen molar-refractivity contribution in [3.8, 4) is 11.5 Å². The smallest absolute Gasteiger partial charge is 0.257 e. The normalized spacial score (nSPS) is 20.8.